The molecular formula is C27H34FN3O4. The fourth-order valence-corrected chi connectivity index (χ4v) is 4.35. The number of hydrogen-bond donors (Lipinski definition) is 1. The number of likely N-dealkylation sites (tertiary alicyclic amines) is 1. The summed E-state index contributed by atoms with van der Waals surface area (Å²) in [6.45, 7) is 5.59. The van der Waals surface area contributed by atoms with Gasteiger partial charge in [0.2, 0.25) is 0 Å². The predicted molar refractivity (Wildman–Crippen MR) is 131 cm³/mol. The summed E-state index contributed by atoms with van der Waals surface area (Å²) in [4.78, 5) is 6.64. The first-order chi connectivity index (χ1) is 17.0. The second-order valence-electron chi connectivity index (χ2n) is 8.94. The molecule has 0 radical (unpaired) electrons. The van der Waals surface area contributed by atoms with Crippen LogP contribution in [0.25, 0.3) is 0 Å². The lowest BCUT2D eigenvalue weighted by atomic mass is 9.92. The Bertz CT molecular complexity index is 1100. The zero-order chi connectivity index (χ0) is 24.7. The van der Waals surface area contributed by atoms with Crippen molar-refractivity contribution in [2.75, 3.05) is 33.4 Å². The molecule has 1 saturated heterocycles. The molecule has 8 heteroatoms. The number of para-hydroxylation sites is 1. The van der Waals surface area contributed by atoms with E-state index in [2.05, 4.69) is 21.4 Å². The second-order valence-corrected chi connectivity index (χ2v) is 8.94. The minimum atomic E-state index is -0.961. The van der Waals surface area contributed by atoms with Crippen molar-refractivity contribution in [3.8, 4) is 17.2 Å². The maximum Gasteiger partial charge on any atom is 0.165 e. The van der Waals surface area contributed by atoms with Crippen LogP contribution in [0.2, 0.25) is 0 Å². The molecule has 1 aliphatic heterocycles. The zero-order valence-corrected chi connectivity index (χ0v) is 20.5. The van der Waals surface area contributed by atoms with Crippen molar-refractivity contribution in [3.63, 3.8) is 0 Å². The topological polar surface area (TPSA) is 69.0 Å². The average molecular weight is 484 g/mol. The van der Waals surface area contributed by atoms with E-state index < -0.39 is 11.4 Å². The molecule has 1 aliphatic rings. The molecule has 1 aromatic heterocycles. The van der Waals surface area contributed by atoms with E-state index in [0.717, 1.165) is 49.7 Å². The number of rotatable bonds is 11. The van der Waals surface area contributed by atoms with Crippen molar-refractivity contribution >= 4 is 0 Å². The first kappa shape index (κ1) is 25.0. The molecule has 0 saturated carbocycles. The normalized spacial score (nSPS) is 15.7. The molecule has 0 unspecified atom stereocenters. The summed E-state index contributed by atoms with van der Waals surface area (Å²) in [6.07, 6.45) is 5.78. The van der Waals surface area contributed by atoms with E-state index in [1.165, 1.54) is 6.07 Å². The molecule has 0 aliphatic carbocycles. The second kappa shape index (κ2) is 11.6. The Morgan fingerprint density at radius 3 is 2.60 bits per heavy atom. The van der Waals surface area contributed by atoms with Crippen LogP contribution in [-0.4, -0.2) is 58.6 Å². The minimum absolute atomic E-state index is 0.0823. The average Bonchev–Trinajstić information content (AvgIpc) is 3.33. The highest BCUT2D eigenvalue weighted by Gasteiger charge is 2.33. The maximum absolute atomic E-state index is 13.8. The molecule has 2 heterocycles. The third-order valence-corrected chi connectivity index (χ3v) is 6.46. The monoisotopic (exact) mass is 483 g/mol. The Hall–Kier alpha value is -3.10. The fraction of sp³-hybridized carbons (Fsp3) is 0.444. The van der Waals surface area contributed by atoms with Crippen LogP contribution in [0.5, 0.6) is 17.2 Å². The van der Waals surface area contributed by atoms with Gasteiger partial charge in [-0.05, 0) is 42.7 Å². The van der Waals surface area contributed by atoms with Crippen molar-refractivity contribution in [2.45, 2.75) is 44.9 Å². The number of ether oxygens (including phenoxy) is 3. The Balaban J connectivity index is 1.29. The summed E-state index contributed by atoms with van der Waals surface area (Å²) in [7, 11) is 1.64. The van der Waals surface area contributed by atoms with Gasteiger partial charge in [-0.1, -0.05) is 25.1 Å². The Morgan fingerprint density at radius 1 is 1.06 bits per heavy atom. The zero-order valence-electron chi connectivity index (χ0n) is 20.5. The number of piperidine rings is 1. The van der Waals surface area contributed by atoms with Gasteiger partial charge in [0, 0.05) is 38.4 Å². The van der Waals surface area contributed by atoms with Crippen molar-refractivity contribution in [1.29, 1.82) is 0 Å². The molecule has 7 nitrogen and oxygen atoms in total. The molecule has 4 rings (SSSR count). The van der Waals surface area contributed by atoms with Crippen LogP contribution in [0.3, 0.4) is 0 Å². The quantitative estimate of drug-likeness (QED) is 0.443. The van der Waals surface area contributed by atoms with Crippen molar-refractivity contribution in [1.82, 2.24) is 14.5 Å². The summed E-state index contributed by atoms with van der Waals surface area (Å²) < 4.78 is 33.0. The summed E-state index contributed by atoms with van der Waals surface area (Å²) in [5.41, 5.74) is 0.156. The lowest BCUT2D eigenvalue weighted by molar-refractivity contribution is -0.0543. The molecule has 188 valence electrons. The van der Waals surface area contributed by atoms with Crippen molar-refractivity contribution < 1.29 is 23.7 Å². The van der Waals surface area contributed by atoms with Crippen molar-refractivity contribution in [3.05, 3.63) is 72.1 Å². The van der Waals surface area contributed by atoms with Gasteiger partial charge >= 0.3 is 0 Å². The van der Waals surface area contributed by atoms with E-state index in [1.54, 1.807) is 25.3 Å². The van der Waals surface area contributed by atoms with Gasteiger partial charge in [0.1, 0.15) is 24.6 Å². The van der Waals surface area contributed by atoms with Crippen LogP contribution in [0, 0.1) is 5.82 Å². The van der Waals surface area contributed by atoms with Crippen LogP contribution in [-0.2, 0) is 19.5 Å². The molecule has 0 bridgehead atoms. The van der Waals surface area contributed by atoms with Gasteiger partial charge in [-0.2, -0.15) is 0 Å². The Labute approximate surface area is 206 Å². The summed E-state index contributed by atoms with van der Waals surface area (Å²) in [5, 5.41) is 10.9. The van der Waals surface area contributed by atoms with Gasteiger partial charge in [0.25, 0.3) is 0 Å². The Kier molecular flexibility index (Phi) is 8.25. The van der Waals surface area contributed by atoms with Gasteiger partial charge in [-0.25, -0.2) is 9.37 Å². The highest BCUT2D eigenvalue weighted by molar-refractivity contribution is 5.43. The van der Waals surface area contributed by atoms with Gasteiger partial charge < -0.3 is 23.9 Å². The van der Waals surface area contributed by atoms with Crippen LogP contribution >= 0.6 is 0 Å². The van der Waals surface area contributed by atoms with E-state index >= 15 is 0 Å². The summed E-state index contributed by atoms with van der Waals surface area (Å²) in [5.74, 6) is 2.22. The first-order valence-corrected chi connectivity index (χ1v) is 12.1. The number of aromatic nitrogens is 2. The standard InChI is InChI=1S/C27H34FN3O4/c1-3-26-29-12-15-31(26)16-17-34-25-18-21(8-9-24(25)33-2)19-30-13-10-27(32,11-14-30)20-35-23-7-5-4-6-22(23)28/h4-9,12,15,18,32H,3,10-11,13-14,16-17,19-20H2,1-2H3. The van der Waals surface area contributed by atoms with Crippen LogP contribution in [0.1, 0.15) is 31.2 Å². The number of aryl methyl sites for hydroxylation is 1. The number of methoxy groups -OCH3 is 1. The number of hydrogen-bond acceptors (Lipinski definition) is 6. The predicted octanol–water partition coefficient (Wildman–Crippen LogP) is 4.08. The molecule has 35 heavy (non-hydrogen) atoms. The SMILES string of the molecule is CCc1nccn1CCOc1cc(CN2CCC(O)(COc3ccccc3F)CC2)ccc1OC. The van der Waals surface area contributed by atoms with Crippen LogP contribution in [0.15, 0.2) is 54.9 Å². The minimum Gasteiger partial charge on any atom is -0.493 e. The van der Waals surface area contributed by atoms with Crippen LogP contribution in [0.4, 0.5) is 4.39 Å². The fourth-order valence-electron chi connectivity index (χ4n) is 4.35. The van der Waals surface area contributed by atoms with E-state index in [4.69, 9.17) is 14.2 Å². The lowest BCUT2D eigenvalue weighted by Crippen LogP contribution is -2.47. The molecule has 1 N–H and O–H groups in total. The summed E-state index contributed by atoms with van der Waals surface area (Å²) in [6, 6.07) is 12.3. The first-order valence-electron chi connectivity index (χ1n) is 12.1. The maximum atomic E-state index is 13.8. The molecule has 0 amide bonds. The Morgan fingerprint density at radius 2 is 1.86 bits per heavy atom. The number of aliphatic hydroxyl groups is 1. The van der Waals surface area contributed by atoms with E-state index in [-0.39, 0.29) is 12.4 Å². The van der Waals surface area contributed by atoms with Gasteiger partial charge in [-0.3, -0.25) is 4.90 Å². The van der Waals surface area contributed by atoms with E-state index in [1.807, 2.05) is 30.6 Å². The molecular weight excluding hydrogens is 449 g/mol. The van der Waals surface area contributed by atoms with E-state index in [9.17, 15) is 9.50 Å². The lowest BCUT2D eigenvalue weighted by Gasteiger charge is -2.38. The third-order valence-electron chi connectivity index (χ3n) is 6.46. The number of halogens is 1. The van der Waals surface area contributed by atoms with Crippen molar-refractivity contribution in [2.24, 2.45) is 0 Å². The van der Waals surface area contributed by atoms with Gasteiger partial charge in [0.05, 0.1) is 13.7 Å². The summed E-state index contributed by atoms with van der Waals surface area (Å²) >= 11 is 0. The number of imidazole rings is 1. The molecule has 2 aromatic carbocycles. The van der Waals surface area contributed by atoms with E-state index in [0.29, 0.717) is 25.2 Å². The largest absolute Gasteiger partial charge is 0.493 e. The molecule has 0 spiro atoms. The smallest absolute Gasteiger partial charge is 0.165 e. The molecule has 1 fully saturated rings. The van der Waals surface area contributed by atoms with Gasteiger partial charge in [-0.15, -0.1) is 0 Å². The number of nitrogens with zero attached hydrogens (tertiary/aromatic N) is 3. The molecule has 3 aromatic rings. The third kappa shape index (κ3) is 6.52. The number of benzene rings is 2. The van der Waals surface area contributed by atoms with Crippen LogP contribution < -0.4 is 14.2 Å². The highest BCUT2D eigenvalue weighted by atomic mass is 19.1. The highest BCUT2D eigenvalue weighted by Crippen LogP contribution is 2.30. The molecule has 0 atom stereocenters. The van der Waals surface area contributed by atoms with Gasteiger partial charge in [0.15, 0.2) is 23.1 Å².